The number of rotatable bonds is 2. The van der Waals surface area contributed by atoms with E-state index in [0.717, 1.165) is 5.56 Å². The van der Waals surface area contributed by atoms with Crippen LogP contribution in [0, 0.1) is 0 Å². The van der Waals surface area contributed by atoms with Crippen molar-refractivity contribution >= 4 is 23.5 Å². The van der Waals surface area contributed by atoms with Gasteiger partial charge in [0.15, 0.2) is 0 Å². The van der Waals surface area contributed by atoms with Crippen molar-refractivity contribution in [1.82, 2.24) is 15.3 Å². The van der Waals surface area contributed by atoms with Gasteiger partial charge in [0, 0.05) is 5.56 Å². The molecule has 102 valence electrons. The number of carbonyl (C=O) groups is 2. The number of aromatic nitrogens is 2. The minimum atomic E-state index is -0.468. The van der Waals surface area contributed by atoms with E-state index >= 15 is 0 Å². The molecule has 2 amide bonds. The van der Waals surface area contributed by atoms with E-state index in [4.69, 9.17) is 5.73 Å². The fraction of sp³-hybridized carbons (Fsp3) is 0.500. The topological polar surface area (TPSA) is 101 Å². The molecule has 1 unspecified atom stereocenters. The zero-order chi connectivity index (χ0) is 14.2. The lowest BCUT2D eigenvalue weighted by atomic mass is 10.0. The summed E-state index contributed by atoms with van der Waals surface area (Å²) >= 11 is 0. The molecular formula is C12H17N5O2. The number of nitrogens with one attached hydrogen (secondary N) is 1. The van der Waals surface area contributed by atoms with Crippen LogP contribution >= 0.6 is 0 Å². The van der Waals surface area contributed by atoms with Gasteiger partial charge in [0.25, 0.3) is 0 Å². The Labute approximate surface area is 111 Å². The van der Waals surface area contributed by atoms with Crippen molar-refractivity contribution in [3.63, 3.8) is 0 Å². The number of nitrogens with two attached hydrogens (primary N) is 1. The number of carbonyl (C=O) groups excluding carboxylic acids is 2. The lowest BCUT2D eigenvalue weighted by Gasteiger charge is -2.34. The Morgan fingerprint density at radius 2 is 2.11 bits per heavy atom. The molecule has 1 aromatic rings. The molecule has 1 aliphatic rings. The molecule has 7 nitrogen and oxygen atoms in total. The number of hydrogen-bond donors (Lipinski definition) is 2. The first-order valence-electron chi connectivity index (χ1n) is 6.12. The lowest BCUT2D eigenvalue weighted by molar-refractivity contribution is -0.132. The second kappa shape index (κ2) is 4.83. The van der Waals surface area contributed by atoms with Crippen molar-refractivity contribution in [3.05, 3.63) is 11.9 Å². The molecule has 0 radical (unpaired) electrons. The quantitative estimate of drug-likeness (QED) is 0.730. The molecule has 19 heavy (non-hydrogen) atoms. The number of amides is 2. The highest BCUT2D eigenvalue weighted by atomic mass is 16.2. The van der Waals surface area contributed by atoms with Crippen molar-refractivity contribution in [1.29, 1.82) is 0 Å². The van der Waals surface area contributed by atoms with Gasteiger partial charge >= 0.3 is 0 Å². The van der Waals surface area contributed by atoms with Gasteiger partial charge < -0.3 is 10.6 Å². The second-order valence-corrected chi connectivity index (χ2v) is 4.87. The molecule has 0 spiro atoms. The van der Waals surface area contributed by atoms with Crippen LogP contribution in [0.3, 0.4) is 0 Å². The number of anilines is 2. The van der Waals surface area contributed by atoms with Crippen molar-refractivity contribution in [2.45, 2.75) is 32.7 Å². The summed E-state index contributed by atoms with van der Waals surface area (Å²) in [5.41, 5.74) is 6.64. The average Bonchev–Trinajstić information content (AvgIpc) is 2.33. The van der Waals surface area contributed by atoms with Crippen molar-refractivity contribution < 1.29 is 9.59 Å². The molecule has 7 heteroatoms. The highest BCUT2D eigenvalue weighted by molar-refractivity contribution is 6.04. The second-order valence-electron chi connectivity index (χ2n) is 4.87. The molecule has 1 saturated heterocycles. The fourth-order valence-corrected chi connectivity index (χ4v) is 2.16. The van der Waals surface area contributed by atoms with Crippen LogP contribution in [0.25, 0.3) is 0 Å². The highest BCUT2D eigenvalue weighted by Gasteiger charge is 2.33. The predicted octanol–water partition coefficient (Wildman–Crippen LogP) is 0.0335. The average molecular weight is 263 g/mol. The number of nitrogens with zero attached hydrogens (tertiary/aromatic N) is 3. The summed E-state index contributed by atoms with van der Waals surface area (Å²) in [4.78, 5) is 33.1. The van der Waals surface area contributed by atoms with Crippen LogP contribution < -0.4 is 16.0 Å². The normalized spacial score (nSPS) is 19.8. The standard InChI is InChI=1S/C12H17N5O2/c1-6(2)9-10(13)14-5-15-11(9)17-4-8(18)16-12(19)7(17)3/h5-7H,4H2,1-3H3,(H2,13,14,15)(H,16,18,19). The molecule has 0 saturated carbocycles. The van der Waals surface area contributed by atoms with Gasteiger partial charge in [0.2, 0.25) is 11.8 Å². The Hall–Kier alpha value is -2.18. The SMILES string of the molecule is CC(C)c1c(N)ncnc1N1CC(=O)NC(=O)C1C. The molecule has 2 heterocycles. The maximum absolute atomic E-state index is 11.7. The molecule has 1 fully saturated rings. The van der Waals surface area contributed by atoms with Crippen molar-refractivity contribution in [3.8, 4) is 0 Å². The van der Waals surface area contributed by atoms with E-state index in [0.29, 0.717) is 11.6 Å². The first-order chi connectivity index (χ1) is 8.91. The predicted molar refractivity (Wildman–Crippen MR) is 70.5 cm³/mol. The number of hydrogen-bond acceptors (Lipinski definition) is 6. The van der Waals surface area contributed by atoms with Crippen LogP contribution in [-0.2, 0) is 9.59 Å². The van der Waals surface area contributed by atoms with Crippen molar-refractivity contribution in [2.75, 3.05) is 17.2 Å². The van der Waals surface area contributed by atoms with Gasteiger partial charge in [-0.1, -0.05) is 13.8 Å². The summed E-state index contributed by atoms with van der Waals surface area (Å²) in [6, 6.07) is -0.468. The zero-order valence-electron chi connectivity index (χ0n) is 11.2. The van der Waals surface area contributed by atoms with Gasteiger partial charge in [-0.15, -0.1) is 0 Å². The summed E-state index contributed by atoms with van der Waals surface area (Å²) in [6.07, 6.45) is 1.35. The van der Waals surface area contributed by atoms with E-state index < -0.39 is 6.04 Å². The molecule has 1 aliphatic heterocycles. The summed E-state index contributed by atoms with van der Waals surface area (Å²) in [6.45, 7) is 5.75. The van der Waals surface area contributed by atoms with Crippen LogP contribution in [0.2, 0.25) is 0 Å². The van der Waals surface area contributed by atoms with E-state index in [1.54, 1.807) is 11.8 Å². The molecular weight excluding hydrogens is 246 g/mol. The van der Waals surface area contributed by atoms with Gasteiger partial charge in [0.1, 0.15) is 24.0 Å². The van der Waals surface area contributed by atoms with Crippen LogP contribution in [0.15, 0.2) is 6.33 Å². The smallest absolute Gasteiger partial charge is 0.249 e. The van der Waals surface area contributed by atoms with Crippen LogP contribution in [0.5, 0.6) is 0 Å². The van der Waals surface area contributed by atoms with Gasteiger partial charge in [-0.05, 0) is 12.8 Å². The van der Waals surface area contributed by atoms with E-state index in [1.165, 1.54) is 6.33 Å². The maximum atomic E-state index is 11.7. The van der Waals surface area contributed by atoms with E-state index in [2.05, 4.69) is 15.3 Å². The van der Waals surface area contributed by atoms with Gasteiger partial charge in [-0.3, -0.25) is 14.9 Å². The lowest BCUT2D eigenvalue weighted by Crippen LogP contribution is -2.57. The van der Waals surface area contributed by atoms with Gasteiger partial charge in [-0.2, -0.15) is 0 Å². The Bertz CT molecular complexity index is 529. The van der Waals surface area contributed by atoms with Crippen molar-refractivity contribution in [2.24, 2.45) is 0 Å². The highest BCUT2D eigenvalue weighted by Crippen LogP contribution is 2.30. The summed E-state index contributed by atoms with van der Waals surface area (Å²) in [5.74, 6) is 0.366. The Balaban J connectivity index is 2.49. The Kier molecular flexibility index (Phi) is 3.37. The fourth-order valence-electron chi connectivity index (χ4n) is 2.16. The summed E-state index contributed by atoms with van der Waals surface area (Å²) < 4.78 is 0. The number of imide groups is 1. The van der Waals surface area contributed by atoms with Crippen LogP contribution in [-0.4, -0.2) is 34.4 Å². The Morgan fingerprint density at radius 1 is 1.42 bits per heavy atom. The minimum Gasteiger partial charge on any atom is -0.383 e. The molecule has 1 atom stereocenters. The summed E-state index contributed by atoms with van der Waals surface area (Å²) in [5, 5.41) is 2.30. The zero-order valence-corrected chi connectivity index (χ0v) is 11.2. The largest absolute Gasteiger partial charge is 0.383 e. The molecule has 0 aromatic carbocycles. The number of piperazine rings is 1. The maximum Gasteiger partial charge on any atom is 0.249 e. The third-order valence-electron chi connectivity index (χ3n) is 3.17. The van der Waals surface area contributed by atoms with E-state index in [9.17, 15) is 9.59 Å². The third-order valence-corrected chi connectivity index (χ3v) is 3.17. The molecule has 3 N–H and O–H groups in total. The van der Waals surface area contributed by atoms with E-state index in [1.807, 2.05) is 13.8 Å². The Morgan fingerprint density at radius 3 is 2.74 bits per heavy atom. The first kappa shape index (κ1) is 13.3. The molecule has 2 rings (SSSR count). The molecule has 1 aromatic heterocycles. The summed E-state index contributed by atoms with van der Waals surface area (Å²) in [7, 11) is 0. The molecule has 0 aliphatic carbocycles. The number of nitrogen functional groups attached to an aromatic ring is 1. The molecule has 0 bridgehead atoms. The van der Waals surface area contributed by atoms with Crippen LogP contribution in [0.1, 0.15) is 32.3 Å². The van der Waals surface area contributed by atoms with Gasteiger partial charge in [-0.25, -0.2) is 9.97 Å². The first-order valence-corrected chi connectivity index (χ1v) is 6.12. The monoisotopic (exact) mass is 263 g/mol. The minimum absolute atomic E-state index is 0.0864. The van der Waals surface area contributed by atoms with E-state index in [-0.39, 0.29) is 24.3 Å². The van der Waals surface area contributed by atoms with Crippen LogP contribution in [0.4, 0.5) is 11.6 Å². The third kappa shape index (κ3) is 2.35. The van der Waals surface area contributed by atoms with Gasteiger partial charge in [0.05, 0.1) is 6.54 Å².